The number of thioether (sulfide) groups is 1. The highest BCUT2D eigenvalue weighted by Gasteiger charge is 2.66. The quantitative estimate of drug-likeness (QED) is 0.297. The number of hydrogen-bond donors (Lipinski definition) is 0. The van der Waals surface area contributed by atoms with E-state index in [1.54, 1.807) is 23.9 Å². The summed E-state index contributed by atoms with van der Waals surface area (Å²) in [5.41, 5.74) is 4.21. The van der Waals surface area contributed by atoms with Gasteiger partial charge in [0.15, 0.2) is 0 Å². The third-order valence-corrected chi connectivity index (χ3v) is 8.35. The topological polar surface area (TPSA) is 54.3 Å². The fourth-order valence-electron chi connectivity index (χ4n) is 5.55. The normalized spacial score (nSPS) is 22.5. The van der Waals surface area contributed by atoms with Crippen molar-refractivity contribution in [1.29, 1.82) is 0 Å². The Morgan fingerprint density at radius 2 is 1.39 bits per heavy atom. The van der Waals surface area contributed by atoms with Crippen molar-refractivity contribution < 1.29 is 9.53 Å². The van der Waals surface area contributed by atoms with Gasteiger partial charge in [-0.25, -0.2) is 0 Å². The molecule has 0 fully saturated rings. The molecular weight excluding hydrogens is 490 g/mol. The van der Waals surface area contributed by atoms with E-state index in [2.05, 4.69) is 30.5 Å². The Kier molecular flexibility index (Phi) is 6.34. The number of hydrazone groups is 1. The molecule has 0 bridgehead atoms. The Labute approximate surface area is 226 Å². The standard InChI is InChI=1S/C32H27N3O2S/c1-37-26-20-18-24(19-21-26)29-32(31(36)35(34-29)25-16-10-5-11-17-25)28(23-14-8-4-9-15-23)33-27(30(32)38-2)22-12-6-3-7-13-22/h3-21,28,30H,1-2H3/t28-,30-,32?/m1/s1. The Bertz CT molecular complexity index is 1510. The SMILES string of the molecule is COc1ccc(C2=NN(c3ccccc3)C(=O)C23[C@H](SC)C(c2ccccc2)=N[C@@H]3c2ccccc2)cc1. The molecule has 2 aliphatic rings. The molecule has 1 unspecified atom stereocenters. The average molecular weight is 518 g/mol. The molecule has 4 aromatic carbocycles. The van der Waals surface area contributed by atoms with Gasteiger partial charge in [0.2, 0.25) is 0 Å². The number of carbonyl (C=O) groups excluding carboxylic acids is 1. The van der Waals surface area contributed by atoms with Gasteiger partial charge in [0.05, 0.1) is 35.5 Å². The minimum Gasteiger partial charge on any atom is -0.497 e. The molecule has 0 aliphatic carbocycles. The van der Waals surface area contributed by atoms with E-state index in [0.29, 0.717) is 0 Å². The number of amides is 1. The highest BCUT2D eigenvalue weighted by Crippen LogP contribution is 2.56. The number of rotatable bonds is 6. The molecule has 6 rings (SSSR count). The summed E-state index contributed by atoms with van der Waals surface area (Å²) in [7, 11) is 1.65. The Morgan fingerprint density at radius 1 is 0.789 bits per heavy atom. The predicted molar refractivity (Wildman–Crippen MR) is 155 cm³/mol. The van der Waals surface area contributed by atoms with Crippen LogP contribution < -0.4 is 9.75 Å². The van der Waals surface area contributed by atoms with Crippen LogP contribution in [-0.4, -0.2) is 35.9 Å². The number of nitrogens with zero attached hydrogens (tertiary/aromatic N) is 3. The van der Waals surface area contributed by atoms with E-state index in [-0.39, 0.29) is 11.2 Å². The van der Waals surface area contributed by atoms with E-state index in [1.165, 1.54) is 0 Å². The number of hydrogen-bond acceptors (Lipinski definition) is 5. The summed E-state index contributed by atoms with van der Waals surface area (Å²) >= 11 is 1.65. The average Bonchev–Trinajstić information content (AvgIpc) is 3.50. The second-order valence-electron chi connectivity index (χ2n) is 9.31. The van der Waals surface area contributed by atoms with Crippen LogP contribution >= 0.6 is 11.8 Å². The van der Waals surface area contributed by atoms with Crippen LogP contribution in [0.15, 0.2) is 125 Å². The lowest BCUT2D eigenvalue weighted by Gasteiger charge is -2.35. The van der Waals surface area contributed by atoms with Crippen LogP contribution in [0.25, 0.3) is 0 Å². The Morgan fingerprint density at radius 3 is 2.00 bits per heavy atom. The molecule has 0 aromatic heterocycles. The summed E-state index contributed by atoms with van der Waals surface area (Å²) in [5.74, 6) is 0.679. The monoisotopic (exact) mass is 517 g/mol. The summed E-state index contributed by atoms with van der Waals surface area (Å²) in [6, 6.07) is 37.3. The van der Waals surface area contributed by atoms with Crippen molar-refractivity contribution in [1.82, 2.24) is 0 Å². The summed E-state index contributed by atoms with van der Waals surface area (Å²) < 4.78 is 5.42. The van der Waals surface area contributed by atoms with E-state index in [4.69, 9.17) is 14.8 Å². The maximum Gasteiger partial charge on any atom is 0.263 e. The lowest BCUT2D eigenvalue weighted by Crippen LogP contribution is -2.50. The molecule has 188 valence electrons. The number of benzene rings is 4. The predicted octanol–water partition coefficient (Wildman–Crippen LogP) is 6.41. The summed E-state index contributed by atoms with van der Waals surface area (Å²) in [6.07, 6.45) is 2.06. The van der Waals surface area contributed by atoms with Crippen molar-refractivity contribution >= 4 is 34.8 Å². The van der Waals surface area contributed by atoms with Gasteiger partial charge < -0.3 is 4.74 Å². The molecule has 0 radical (unpaired) electrons. The lowest BCUT2D eigenvalue weighted by molar-refractivity contribution is -0.124. The summed E-state index contributed by atoms with van der Waals surface area (Å²) in [5, 5.41) is 6.39. The first-order valence-corrected chi connectivity index (χ1v) is 13.8. The number of methoxy groups -OCH3 is 1. The van der Waals surface area contributed by atoms with E-state index in [1.807, 2.05) is 91.0 Å². The fourth-order valence-corrected chi connectivity index (χ4v) is 6.68. The highest BCUT2D eigenvalue weighted by molar-refractivity contribution is 8.00. The van der Waals surface area contributed by atoms with Crippen LogP contribution in [0.3, 0.4) is 0 Å². The van der Waals surface area contributed by atoms with Crippen LogP contribution in [0.4, 0.5) is 5.69 Å². The largest absolute Gasteiger partial charge is 0.497 e. The minimum atomic E-state index is -1.05. The first-order valence-electron chi connectivity index (χ1n) is 12.5. The zero-order chi connectivity index (χ0) is 26.1. The zero-order valence-electron chi connectivity index (χ0n) is 21.2. The maximum absolute atomic E-state index is 14.9. The van der Waals surface area contributed by atoms with Gasteiger partial charge >= 0.3 is 0 Å². The molecule has 1 spiro atoms. The van der Waals surface area contributed by atoms with Crippen molar-refractivity contribution in [3.63, 3.8) is 0 Å². The summed E-state index contributed by atoms with van der Waals surface area (Å²) in [6.45, 7) is 0. The van der Waals surface area contributed by atoms with E-state index < -0.39 is 11.5 Å². The number of aliphatic imine (C=N–C) groups is 1. The Hall–Kier alpha value is -4.16. The lowest BCUT2D eigenvalue weighted by atomic mass is 9.69. The minimum absolute atomic E-state index is 0.0718. The molecule has 4 aromatic rings. The zero-order valence-corrected chi connectivity index (χ0v) is 22.0. The second kappa shape index (κ2) is 9.95. The van der Waals surface area contributed by atoms with Crippen LogP contribution in [0.1, 0.15) is 22.7 Å². The molecule has 0 N–H and O–H groups in total. The fraction of sp³-hybridized carbons (Fsp3) is 0.156. The first-order chi connectivity index (χ1) is 18.7. The molecule has 38 heavy (non-hydrogen) atoms. The maximum atomic E-state index is 14.9. The molecule has 2 heterocycles. The third kappa shape index (κ3) is 3.75. The Balaban J connectivity index is 1.62. The molecule has 6 heteroatoms. The van der Waals surface area contributed by atoms with Gasteiger partial charge in [0, 0.05) is 0 Å². The smallest absolute Gasteiger partial charge is 0.263 e. The summed E-state index contributed by atoms with van der Waals surface area (Å²) in [4.78, 5) is 20.2. The van der Waals surface area contributed by atoms with Gasteiger partial charge in [0.1, 0.15) is 11.2 Å². The van der Waals surface area contributed by atoms with Gasteiger partial charge in [-0.2, -0.15) is 21.9 Å². The van der Waals surface area contributed by atoms with E-state index in [0.717, 1.165) is 39.6 Å². The van der Waals surface area contributed by atoms with Crippen LogP contribution in [0.5, 0.6) is 5.75 Å². The van der Waals surface area contributed by atoms with Gasteiger partial charge in [0.25, 0.3) is 5.91 Å². The molecule has 0 saturated carbocycles. The molecule has 1 amide bonds. The number of ether oxygens (including phenoxy) is 1. The van der Waals surface area contributed by atoms with Crippen LogP contribution in [0.2, 0.25) is 0 Å². The molecule has 5 nitrogen and oxygen atoms in total. The number of anilines is 1. The third-order valence-electron chi connectivity index (χ3n) is 7.28. The molecule has 0 saturated heterocycles. The van der Waals surface area contributed by atoms with E-state index >= 15 is 0 Å². The second-order valence-corrected chi connectivity index (χ2v) is 10.3. The van der Waals surface area contributed by atoms with Crippen molar-refractivity contribution in [2.75, 3.05) is 18.4 Å². The molecular formula is C32H27N3O2S. The van der Waals surface area contributed by atoms with Crippen LogP contribution in [-0.2, 0) is 4.79 Å². The van der Waals surface area contributed by atoms with Crippen molar-refractivity contribution in [2.45, 2.75) is 11.3 Å². The van der Waals surface area contributed by atoms with Crippen molar-refractivity contribution in [2.24, 2.45) is 15.5 Å². The van der Waals surface area contributed by atoms with Crippen molar-refractivity contribution in [3.05, 3.63) is 132 Å². The van der Waals surface area contributed by atoms with Gasteiger partial charge in [-0.15, -0.1) is 0 Å². The van der Waals surface area contributed by atoms with Gasteiger partial charge in [-0.05, 0) is 59.3 Å². The molecule has 3 atom stereocenters. The van der Waals surface area contributed by atoms with Crippen molar-refractivity contribution in [3.8, 4) is 5.75 Å². The van der Waals surface area contributed by atoms with E-state index in [9.17, 15) is 4.79 Å². The van der Waals surface area contributed by atoms with Crippen LogP contribution in [0, 0.1) is 5.41 Å². The highest BCUT2D eigenvalue weighted by atomic mass is 32.2. The van der Waals surface area contributed by atoms with Gasteiger partial charge in [-0.1, -0.05) is 78.9 Å². The number of para-hydroxylation sites is 1. The van der Waals surface area contributed by atoms with Gasteiger partial charge in [-0.3, -0.25) is 9.79 Å². The first kappa shape index (κ1) is 24.2. The number of carbonyl (C=O) groups is 1. The molecule has 2 aliphatic heterocycles.